The number of unbranched alkanes of at least 4 members (excludes halogenated alkanes) is 1. The van der Waals surface area contributed by atoms with Crippen molar-refractivity contribution in [1.82, 2.24) is 0 Å². The van der Waals surface area contributed by atoms with Gasteiger partial charge in [-0.15, -0.1) is 11.8 Å². The van der Waals surface area contributed by atoms with Crippen LogP contribution in [0, 0.1) is 5.92 Å². The molecule has 2 unspecified atom stereocenters. The number of rotatable bonds is 6. The van der Waals surface area contributed by atoms with E-state index < -0.39 is 0 Å². The number of thioether (sulfide) groups is 1. The predicted octanol–water partition coefficient (Wildman–Crippen LogP) is 4.71. The van der Waals surface area contributed by atoms with E-state index in [4.69, 9.17) is 0 Å². The molecule has 0 spiro atoms. The van der Waals surface area contributed by atoms with Crippen molar-refractivity contribution in [1.29, 1.82) is 0 Å². The Morgan fingerprint density at radius 3 is 2.72 bits per heavy atom. The topological polar surface area (TPSA) is 17.1 Å². The van der Waals surface area contributed by atoms with Crippen LogP contribution >= 0.6 is 11.8 Å². The summed E-state index contributed by atoms with van der Waals surface area (Å²) in [6, 6.07) is 10.5. The normalized spacial score (nSPS) is 21.2. The van der Waals surface area contributed by atoms with Crippen LogP contribution in [0.1, 0.15) is 45.4 Å². The highest BCUT2D eigenvalue weighted by Gasteiger charge is 2.32. The Morgan fingerprint density at radius 2 is 2.11 bits per heavy atom. The minimum Gasteiger partial charge on any atom is -0.299 e. The Kier molecular flexibility index (Phi) is 5.30. The number of Topliss-reactive ketones (excluding diaryl/α,β-unsaturated/α-hetero) is 1. The third kappa shape index (κ3) is 3.61. The van der Waals surface area contributed by atoms with Crippen molar-refractivity contribution < 1.29 is 4.79 Å². The molecule has 0 aromatic heterocycles. The molecule has 1 aromatic carbocycles. The monoisotopic (exact) mass is 262 g/mol. The molecule has 0 amide bonds. The zero-order valence-electron chi connectivity index (χ0n) is 11.1. The second-order valence-corrected chi connectivity index (χ2v) is 6.39. The van der Waals surface area contributed by atoms with Gasteiger partial charge in [-0.05, 0) is 31.4 Å². The summed E-state index contributed by atoms with van der Waals surface area (Å²) in [4.78, 5) is 13.3. The molecule has 18 heavy (non-hydrogen) atoms. The number of benzene rings is 1. The molecule has 2 rings (SSSR count). The van der Waals surface area contributed by atoms with Crippen LogP contribution in [0.5, 0.6) is 0 Å². The van der Waals surface area contributed by atoms with Gasteiger partial charge in [0.15, 0.2) is 0 Å². The number of hydrogen-bond acceptors (Lipinski definition) is 2. The molecule has 1 saturated carbocycles. The Hall–Kier alpha value is -0.760. The maximum Gasteiger partial charge on any atom is 0.137 e. The Balaban J connectivity index is 2.02. The van der Waals surface area contributed by atoms with E-state index in [1.54, 1.807) is 0 Å². The van der Waals surface area contributed by atoms with Gasteiger partial charge in [0, 0.05) is 22.5 Å². The molecule has 0 radical (unpaired) electrons. The second-order valence-electron chi connectivity index (χ2n) is 5.08. The molecule has 2 atom stereocenters. The molecule has 0 N–H and O–H groups in total. The molecular weight excluding hydrogens is 240 g/mol. The first-order valence-electron chi connectivity index (χ1n) is 7.05. The number of hydrogen-bond donors (Lipinski definition) is 0. The van der Waals surface area contributed by atoms with Gasteiger partial charge in [0.2, 0.25) is 0 Å². The first-order valence-corrected chi connectivity index (χ1v) is 7.93. The van der Waals surface area contributed by atoms with Gasteiger partial charge in [0.05, 0.1) is 0 Å². The van der Waals surface area contributed by atoms with Crippen LogP contribution in [0.3, 0.4) is 0 Å². The fourth-order valence-electron chi connectivity index (χ4n) is 2.66. The van der Waals surface area contributed by atoms with E-state index in [1.165, 1.54) is 24.2 Å². The van der Waals surface area contributed by atoms with Crippen molar-refractivity contribution >= 4 is 17.5 Å². The lowest BCUT2D eigenvalue weighted by atomic mass is 9.98. The van der Waals surface area contributed by atoms with Gasteiger partial charge in [-0.25, -0.2) is 0 Å². The third-order valence-electron chi connectivity index (χ3n) is 3.67. The summed E-state index contributed by atoms with van der Waals surface area (Å²) in [6.45, 7) is 2.22. The molecule has 1 aromatic rings. The average molecular weight is 262 g/mol. The standard InChI is InChI=1S/C16H22OS/c1-2-3-12-16(14-10-7-11-15(14)17)18-13-8-5-4-6-9-13/h4-6,8-9,14,16H,2-3,7,10-12H2,1H3. The average Bonchev–Trinajstić information content (AvgIpc) is 2.82. The Bertz CT molecular complexity index is 374. The summed E-state index contributed by atoms with van der Waals surface area (Å²) in [5.41, 5.74) is 0. The molecule has 98 valence electrons. The molecule has 1 fully saturated rings. The van der Waals surface area contributed by atoms with Crippen molar-refractivity contribution in [2.75, 3.05) is 0 Å². The third-order valence-corrected chi connectivity index (χ3v) is 5.08. The summed E-state index contributed by atoms with van der Waals surface area (Å²) in [5, 5.41) is 0.488. The molecular formula is C16H22OS. The maximum absolute atomic E-state index is 12.0. The zero-order valence-corrected chi connectivity index (χ0v) is 11.9. The van der Waals surface area contributed by atoms with Crippen molar-refractivity contribution in [3.63, 3.8) is 0 Å². The zero-order chi connectivity index (χ0) is 12.8. The highest BCUT2D eigenvalue weighted by Crippen LogP contribution is 2.37. The second kappa shape index (κ2) is 6.98. The van der Waals surface area contributed by atoms with Gasteiger partial charge in [0.1, 0.15) is 5.78 Å². The highest BCUT2D eigenvalue weighted by atomic mass is 32.2. The van der Waals surface area contributed by atoms with Crippen molar-refractivity contribution in [2.45, 2.75) is 55.6 Å². The summed E-state index contributed by atoms with van der Waals surface area (Å²) in [6.07, 6.45) is 6.63. The predicted molar refractivity (Wildman–Crippen MR) is 78.0 cm³/mol. The molecule has 0 bridgehead atoms. The summed E-state index contributed by atoms with van der Waals surface area (Å²) < 4.78 is 0. The molecule has 0 aliphatic heterocycles. The lowest BCUT2D eigenvalue weighted by molar-refractivity contribution is -0.120. The maximum atomic E-state index is 12.0. The molecule has 1 aliphatic rings. The fourth-order valence-corrected chi connectivity index (χ4v) is 4.06. The van der Waals surface area contributed by atoms with Gasteiger partial charge in [-0.3, -0.25) is 4.79 Å². The van der Waals surface area contributed by atoms with Gasteiger partial charge >= 0.3 is 0 Å². The first-order chi connectivity index (χ1) is 8.81. The van der Waals surface area contributed by atoms with Crippen LogP contribution < -0.4 is 0 Å². The van der Waals surface area contributed by atoms with Crippen LogP contribution in [0.25, 0.3) is 0 Å². The van der Waals surface area contributed by atoms with E-state index in [1.807, 2.05) is 17.8 Å². The van der Waals surface area contributed by atoms with E-state index in [0.717, 1.165) is 19.3 Å². The van der Waals surface area contributed by atoms with Crippen molar-refractivity contribution in [2.24, 2.45) is 5.92 Å². The number of carbonyl (C=O) groups is 1. The van der Waals surface area contributed by atoms with Crippen LogP contribution in [-0.4, -0.2) is 11.0 Å². The Morgan fingerprint density at radius 1 is 1.33 bits per heavy atom. The van der Waals surface area contributed by atoms with E-state index in [9.17, 15) is 4.79 Å². The van der Waals surface area contributed by atoms with Gasteiger partial charge in [-0.1, -0.05) is 38.0 Å². The minimum atomic E-state index is 0.307. The van der Waals surface area contributed by atoms with Crippen molar-refractivity contribution in [3.05, 3.63) is 30.3 Å². The summed E-state index contributed by atoms with van der Waals surface area (Å²) in [7, 11) is 0. The first kappa shape index (κ1) is 13.7. The van der Waals surface area contributed by atoms with Crippen LogP contribution in [0.4, 0.5) is 0 Å². The number of carbonyl (C=O) groups excluding carboxylic acids is 1. The lowest BCUT2D eigenvalue weighted by Crippen LogP contribution is -2.21. The smallest absolute Gasteiger partial charge is 0.137 e. The largest absolute Gasteiger partial charge is 0.299 e. The Labute approximate surface area is 114 Å². The van der Waals surface area contributed by atoms with Gasteiger partial charge in [0.25, 0.3) is 0 Å². The van der Waals surface area contributed by atoms with E-state index in [-0.39, 0.29) is 0 Å². The fraction of sp³-hybridized carbons (Fsp3) is 0.562. The highest BCUT2D eigenvalue weighted by molar-refractivity contribution is 8.00. The molecule has 0 heterocycles. The SMILES string of the molecule is CCCCC(Sc1ccccc1)C1CCCC1=O. The lowest BCUT2D eigenvalue weighted by Gasteiger charge is -2.21. The summed E-state index contributed by atoms with van der Waals surface area (Å²) in [5.74, 6) is 0.807. The molecule has 1 aliphatic carbocycles. The van der Waals surface area contributed by atoms with Crippen molar-refractivity contribution in [3.8, 4) is 0 Å². The minimum absolute atomic E-state index is 0.307. The van der Waals surface area contributed by atoms with Gasteiger partial charge in [-0.2, -0.15) is 0 Å². The molecule has 2 heteroatoms. The van der Waals surface area contributed by atoms with E-state index >= 15 is 0 Å². The molecule has 0 saturated heterocycles. The van der Waals surface area contributed by atoms with Gasteiger partial charge < -0.3 is 0 Å². The van der Waals surface area contributed by atoms with Crippen LogP contribution in [0.2, 0.25) is 0 Å². The van der Waals surface area contributed by atoms with E-state index in [0.29, 0.717) is 17.0 Å². The summed E-state index contributed by atoms with van der Waals surface area (Å²) >= 11 is 1.91. The van der Waals surface area contributed by atoms with E-state index in [2.05, 4.69) is 31.2 Å². The molecule has 1 nitrogen and oxygen atoms in total. The van der Waals surface area contributed by atoms with Crippen LogP contribution in [0.15, 0.2) is 35.2 Å². The number of ketones is 1. The quantitative estimate of drug-likeness (QED) is 0.691. The van der Waals surface area contributed by atoms with Crippen LogP contribution in [-0.2, 0) is 4.79 Å².